The number of halogens is 1. The molecule has 1 atom stereocenters. The lowest BCUT2D eigenvalue weighted by Gasteiger charge is -2.23. The van der Waals surface area contributed by atoms with Gasteiger partial charge < -0.3 is 10.2 Å². The standard InChI is InChI=1S/C13H15ClN4OS/c1-18(2)10(11-4-3-5-20-11)7-16-13(19)9-6-15-8-12(14)17-9/h3-6,8,10H,7H2,1-2H3,(H,16,19). The van der Waals surface area contributed by atoms with Crippen LogP contribution in [0.2, 0.25) is 5.15 Å². The van der Waals surface area contributed by atoms with Gasteiger partial charge in [0.25, 0.3) is 5.91 Å². The van der Waals surface area contributed by atoms with Gasteiger partial charge in [-0.15, -0.1) is 11.3 Å². The summed E-state index contributed by atoms with van der Waals surface area (Å²) in [7, 11) is 3.96. The van der Waals surface area contributed by atoms with E-state index < -0.39 is 0 Å². The number of nitrogens with zero attached hydrogens (tertiary/aromatic N) is 3. The van der Waals surface area contributed by atoms with Crippen LogP contribution in [-0.4, -0.2) is 41.4 Å². The fraction of sp³-hybridized carbons (Fsp3) is 0.308. The Morgan fingerprint density at radius 1 is 1.50 bits per heavy atom. The molecule has 2 rings (SSSR count). The van der Waals surface area contributed by atoms with Gasteiger partial charge in [0, 0.05) is 11.4 Å². The van der Waals surface area contributed by atoms with Gasteiger partial charge >= 0.3 is 0 Å². The van der Waals surface area contributed by atoms with E-state index in [4.69, 9.17) is 11.6 Å². The molecule has 106 valence electrons. The molecule has 0 aliphatic heterocycles. The van der Waals surface area contributed by atoms with E-state index in [2.05, 4.69) is 26.3 Å². The molecular weight excluding hydrogens is 296 g/mol. The average molecular weight is 311 g/mol. The van der Waals surface area contributed by atoms with Crippen LogP contribution in [0.25, 0.3) is 0 Å². The van der Waals surface area contributed by atoms with E-state index in [-0.39, 0.29) is 22.8 Å². The topological polar surface area (TPSA) is 58.1 Å². The molecule has 1 amide bonds. The molecule has 0 saturated carbocycles. The Morgan fingerprint density at radius 3 is 2.90 bits per heavy atom. The van der Waals surface area contributed by atoms with E-state index in [0.29, 0.717) is 6.54 Å². The zero-order valence-corrected chi connectivity index (χ0v) is 12.8. The number of rotatable bonds is 5. The number of likely N-dealkylation sites (N-methyl/N-ethyl adjacent to an activating group) is 1. The molecule has 0 fully saturated rings. The highest BCUT2D eigenvalue weighted by Gasteiger charge is 2.17. The first kappa shape index (κ1) is 14.9. The lowest BCUT2D eigenvalue weighted by molar-refractivity contribution is 0.0937. The number of carbonyl (C=O) groups excluding carboxylic acids is 1. The molecule has 0 radical (unpaired) electrons. The van der Waals surface area contributed by atoms with E-state index >= 15 is 0 Å². The van der Waals surface area contributed by atoms with Crippen molar-refractivity contribution in [3.63, 3.8) is 0 Å². The molecule has 0 aliphatic carbocycles. The van der Waals surface area contributed by atoms with Gasteiger partial charge in [-0.1, -0.05) is 17.7 Å². The summed E-state index contributed by atoms with van der Waals surface area (Å²) in [5, 5.41) is 5.09. The number of thiophene rings is 1. The third-order valence-corrected chi connectivity index (χ3v) is 3.94. The summed E-state index contributed by atoms with van der Waals surface area (Å²) >= 11 is 7.39. The average Bonchev–Trinajstić information content (AvgIpc) is 2.92. The highest BCUT2D eigenvalue weighted by molar-refractivity contribution is 7.10. The minimum atomic E-state index is -0.275. The molecule has 2 heterocycles. The third kappa shape index (κ3) is 3.75. The lowest BCUT2D eigenvalue weighted by Crippen LogP contribution is -2.34. The van der Waals surface area contributed by atoms with Crippen LogP contribution in [-0.2, 0) is 0 Å². The van der Waals surface area contributed by atoms with Crippen LogP contribution < -0.4 is 5.32 Å². The van der Waals surface area contributed by atoms with Crippen molar-refractivity contribution in [2.45, 2.75) is 6.04 Å². The predicted octanol–water partition coefficient (Wildman–Crippen LogP) is 2.22. The third-order valence-electron chi connectivity index (χ3n) is 2.79. The van der Waals surface area contributed by atoms with Crippen LogP contribution in [0.4, 0.5) is 0 Å². The van der Waals surface area contributed by atoms with Crippen molar-refractivity contribution in [1.29, 1.82) is 0 Å². The fourth-order valence-electron chi connectivity index (χ4n) is 1.75. The molecule has 1 unspecified atom stereocenters. The molecule has 0 saturated heterocycles. The van der Waals surface area contributed by atoms with Crippen molar-refractivity contribution < 1.29 is 4.79 Å². The second-order valence-corrected chi connectivity index (χ2v) is 5.80. The second kappa shape index (κ2) is 6.78. The molecule has 2 aromatic heterocycles. The normalized spacial score (nSPS) is 12.4. The Hall–Kier alpha value is -1.50. The van der Waals surface area contributed by atoms with Crippen LogP contribution in [0.3, 0.4) is 0 Å². The molecule has 0 spiro atoms. The largest absolute Gasteiger partial charge is 0.349 e. The molecule has 1 N–H and O–H groups in total. The maximum absolute atomic E-state index is 12.0. The van der Waals surface area contributed by atoms with Gasteiger partial charge in [-0.05, 0) is 25.5 Å². The summed E-state index contributed by atoms with van der Waals surface area (Å²) < 4.78 is 0. The van der Waals surface area contributed by atoms with Crippen molar-refractivity contribution in [3.8, 4) is 0 Å². The summed E-state index contributed by atoms with van der Waals surface area (Å²) in [5.41, 5.74) is 0.223. The molecule has 2 aromatic rings. The Bertz CT molecular complexity index is 574. The van der Waals surface area contributed by atoms with Gasteiger partial charge in [0.05, 0.1) is 18.4 Å². The van der Waals surface area contributed by atoms with Crippen molar-refractivity contribution in [2.75, 3.05) is 20.6 Å². The van der Waals surface area contributed by atoms with Crippen LogP contribution in [0, 0.1) is 0 Å². The Morgan fingerprint density at radius 2 is 2.30 bits per heavy atom. The summed E-state index contributed by atoms with van der Waals surface area (Å²) in [5.74, 6) is -0.275. The van der Waals surface area contributed by atoms with E-state index in [1.54, 1.807) is 11.3 Å². The van der Waals surface area contributed by atoms with Crippen molar-refractivity contribution in [3.05, 3.63) is 45.6 Å². The number of carbonyl (C=O) groups is 1. The summed E-state index contributed by atoms with van der Waals surface area (Å²) in [6.07, 6.45) is 2.80. The number of amides is 1. The Balaban J connectivity index is 2.01. The first-order valence-corrected chi connectivity index (χ1v) is 7.29. The first-order chi connectivity index (χ1) is 9.58. The number of nitrogens with one attached hydrogen (secondary N) is 1. The van der Waals surface area contributed by atoms with E-state index in [0.717, 1.165) is 0 Å². The van der Waals surface area contributed by atoms with Crippen LogP contribution in [0.15, 0.2) is 29.9 Å². The highest BCUT2D eigenvalue weighted by Crippen LogP contribution is 2.22. The lowest BCUT2D eigenvalue weighted by atomic mass is 10.2. The quantitative estimate of drug-likeness (QED) is 0.920. The van der Waals surface area contributed by atoms with Gasteiger partial charge in [0.15, 0.2) is 0 Å². The van der Waals surface area contributed by atoms with Gasteiger partial charge in [0.2, 0.25) is 0 Å². The first-order valence-electron chi connectivity index (χ1n) is 6.03. The summed E-state index contributed by atoms with van der Waals surface area (Å²) in [4.78, 5) is 23.1. The summed E-state index contributed by atoms with van der Waals surface area (Å²) in [6.45, 7) is 0.501. The molecule has 0 aromatic carbocycles. The minimum absolute atomic E-state index is 0.131. The number of hydrogen-bond donors (Lipinski definition) is 1. The summed E-state index contributed by atoms with van der Waals surface area (Å²) in [6, 6.07) is 4.19. The number of aromatic nitrogens is 2. The predicted molar refractivity (Wildman–Crippen MR) is 80.1 cm³/mol. The highest BCUT2D eigenvalue weighted by atomic mass is 35.5. The monoisotopic (exact) mass is 310 g/mol. The Labute approximate surface area is 126 Å². The molecular formula is C13H15ClN4OS. The van der Waals surface area contributed by atoms with Gasteiger partial charge in [-0.25, -0.2) is 4.98 Å². The van der Waals surface area contributed by atoms with E-state index in [1.807, 2.05) is 25.5 Å². The van der Waals surface area contributed by atoms with Gasteiger partial charge in [0.1, 0.15) is 10.8 Å². The molecule has 7 heteroatoms. The van der Waals surface area contributed by atoms with Crippen molar-refractivity contribution in [1.82, 2.24) is 20.2 Å². The SMILES string of the molecule is CN(C)C(CNC(=O)c1cncc(Cl)n1)c1cccs1. The van der Waals surface area contributed by atoms with Gasteiger partial charge in [-0.3, -0.25) is 9.78 Å². The second-order valence-electron chi connectivity index (χ2n) is 4.43. The fourth-order valence-corrected chi connectivity index (χ4v) is 2.82. The van der Waals surface area contributed by atoms with Crippen molar-refractivity contribution in [2.24, 2.45) is 0 Å². The minimum Gasteiger partial charge on any atom is -0.349 e. The maximum Gasteiger partial charge on any atom is 0.271 e. The zero-order valence-electron chi connectivity index (χ0n) is 11.2. The molecule has 0 bridgehead atoms. The van der Waals surface area contributed by atoms with Crippen LogP contribution in [0.1, 0.15) is 21.4 Å². The Kier molecular flexibility index (Phi) is 5.05. The van der Waals surface area contributed by atoms with Crippen LogP contribution >= 0.6 is 22.9 Å². The van der Waals surface area contributed by atoms with E-state index in [1.165, 1.54) is 17.3 Å². The molecule has 20 heavy (non-hydrogen) atoms. The van der Waals surface area contributed by atoms with Gasteiger partial charge in [-0.2, -0.15) is 0 Å². The molecule has 0 aliphatic rings. The van der Waals surface area contributed by atoms with Crippen LogP contribution in [0.5, 0.6) is 0 Å². The smallest absolute Gasteiger partial charge is 0.271 e. The van der Waals surface area contributed by atoms with Crippen molar-refractivity contribution >= 4 is 28.8 Å². The molecule has 5 nitrogen and oxygen atoms in total. The maximum atomic E-state index is 12.0. The zero-order chi connectivity index (χ0) is 14.5. The number of hydrogen-bond acceptors (Lipinski definition) is 5. The van der Waals surface area contributed by atoms with E-state index in [9.17, 15) is 4.79 Å².